The minimum atomic E-state index is -1.05. The first-order valence-electron chi connectivity index (χ1n) is 13.9. The van der Waals surface area contributed by atoms with Gasteiger partial charge in [0.25, 0.3) is 0 Å². The maximum absolute atomic E-state index is 13.4. The molecule has 0 N–H and O–H groups in total. The van der Waals surface area contributed by atoms with Crippen molar-refractivity contribution in [2.75, 3.05) is 0 Å². The standard InChI is InChI=1S/C32H26B2O8/c35-31(21-13-5-1-6-14-21)37-25-26(38-32(36)22-15-7-2-8-16-22)28-30(42-34(40-28)24-19-11-4-12-20-24)29-27(25)39-33(41-29)23-17-9-3-10-18-23/h1-20,25-30H/t25-,26-,27+,28+,29+,30+/m0/s1. The second kappa shape index (κ2) is 11.6. The Labute approximate surface area is 243 Å². The molecule has 0 unspecified atom stereocenters. The molecule has 8 nitrogen and oxygen atoms in total. The summed E-state index contributed by atoms with van der Waals surface area (Å²) >= 11 is 0. The number of rotatable bonds is 6. The van der Waals surface area contributed by atoms with E-state index < -0.39 is 62.8 Å². The zero-order valence-corrected chi connectivity index (χ0v) is 22.4. The molecule has 3 aliphatic rings. The zero-order chi connectivity index (χ0) is 28.5. The Morgan fingerprint density at radius 1 is 0.452 bits per heavy atom. The van der Waals surface area contributed by atoms with Gasteiger partial charge in [-0.15, -0.1) is 0 Å². The van der Waals surface area contributed by atoms with Crippen LogP contribution in [0.2, 0.25) is 0 Å². The molecule has 4 aromatic rings. The van der Waals surface area contributed by atoms with E-state index in [4.69, 9.17) is 28.1 Å². The third-order valence-corrected chi connectivity index (χ3v) is 7.71. The average Bonchev–Trinajstić information content (AvgIpc) is 3.70. The fraction of sp³-hybridized carbons (Fsp3) is 0.188. The molecule has 208 valence electrons. The minimum Gasteiger partial charge on any atom is -0.452 e. The highest BCUT2D eigenvalue weighted by Crippen LogP contribution is 2.41. The Morgan fingerprint density at radius 3 is 1.12 bits per heavy atom. The lowest BCUT2D eigenvalue weighted by atomic mass is 9.79. The van der Waals surface area contributed by atoms with Gasteiger partial charge in [0.1, 0.15) is 12.2 Å². The lowest BCUT2D eigenvalue weighted by Crippen LogP contribution is -2.63. The molecule has 4 aromatic carbocycles. The Balaban J connectivity index is 1.27. The normalized spacial score (nSPS) is 26.3. The third-order valence-electron chi connectivity index (χ3n) is 7.71. The number of ether oxygens (including phenoxy) is 2. The summed E-state index contributed by atoms with van der Waals surface area (Å²) in [5.74, 6) is -1.16. The second-order valence-electron chi connectivity index (χ2n) is 10.4. The molecule has 0 amide bonds. The van der Waals surface area contributed by atoms with Gasteiger partial charge in [0.2, 0.25) is 0 Å². The van der Waals surface area contributed by atoms with Crippen molar-refractivity contribution in [1.29, 1.82) is 0 Å². The van der Waals surface area contributed by atoms with E-state index in [2.05, 4.69) is 0 Å². The van der Waals surface area contributed by atoms with E-state index in [0.717, 1.165) is 10.9 Å². The Bertz CT molecular complexity index is 1410. The molecular formula is C32H26B2O8. The highest BCUT2D eigenvalue weighted by Gasteiger charge is 2.64. The minimum absolute atomic E-state index is 0.355. The van der Waals surface area contributed by atoms with Crippen molar-refractivity contribution < 1.29 is 37.7 Å². The number of carbonyl (C=O) groups excluding carboxylic acids is 2. The summed E-state index contributed by atoms with van der Waals surface area (Å²) in [7, 11) is -1.49. The van der Waals surface area contributed by atoms with E-state index in [9.17, 15) is 9.59 Å². The van der Waals surface area contributed by atoms with Gasteiger partial charge in [-0.2, -0.15) is 0 Å². The smallest absolute Gasteiger partial charge is 0.452 e. The summed E-state index contributed by atoms with van der Waals surface area (Å²) in [4.78, 5) is 26.8. The lowest BCUT2D eigenvalue weighted by Gasteiger charge is -2.43. The fourth-order valence-corrected chi connectivity index (χ4v) is 5.71. The first-order chi connectivity index (χ1) is 20.7. The van der Waals surface area contributed by atoms with Crippen molar-refractivity contribution in [3.05, 3.63) is 132 Å². The predicted octanol–water partition coefficient (Wildman–Crippen LogP) is 2.81. The number of hydrogen-bond donors (Lipinski definition) is 0. The molecule has 1 aliphatic carbocycles. The number of carbonyl (C=O) groups is 2. The highest BCUT2D eigenvalue weighted by atomic mass is 16.7. The number of hydrogen-bond acceptors (Lipinski definition) is 8. The van der Waals surface area contributed by atoms with Gasteiger partial charge < -0.3 is 28.1 Å². The van der Waals surface area contributed by atoms with E-state index in [1.54, 1.807) is 48.5 Å². The molecular weight excluding hydrogens is 534 g/mol. The first-order valence-corrected chi connectivity index (χ1v) is 13.9. The van der Waals surface area contributed by atoms with Crippen molar-refractivity contribution in [2.24, 2.45) is 0 Å². The van der Waals surface area contributed by atoms with Crippen molar-refractivity contribution in [3.8, 4) is 0 Å². The van der Waals surface area contributed by atoms with Crippen LogP contribution in [0.4, 0.5) is 0 Å². The van der Waals surface area contributed by atoms with Crippen LogP contribution < -0.4 is 10.9 Å². The van der Waals surface area contributed by atoms with Crippen LogP contribution in [0.25, 0.3) is 0 Å². The van der Waals surface area contributed by atoms with Crippen molar-refractivity contribution in [3.63, 3.8) is 0 Å². The fourth-order valence-electron chi connectivity index (χ4n) is 5.71. The van der Waals surface area contributed by atoms with Gasteiger partial charge in [-0.25, -0.2) is 9.59 Å². The van der Waals surface area contributed by atoms with E-state index in [1.165, 1.54) is 0 Å². The molecule has 2 heterocycles. The van der Waals surface area contributed by atoms with Crippen molar-refractivity contribution in [1.82, 2.24) is 0 Å². The molecule has 0 aromatic heterocycles. The Morgan fingerprint density at radius 2 is 0.762 bits per heavy atom. The van der Waals surface area contributed by atoms with Crippen LogP contribution in [0.15, 0.2) is 121 Å². The van der Waals surface area contributed by atoms with Crippen LogP contribution in [0.1, 0.15) is 20.7 Å². The predicted molar refractivity (Wildman–Crippen MR) is 154 cm³/mol. The quantitative estimate of drug-likeness (QED) is 0.263. The van der Waals surface area contributed by atoms with Crippen LogP contribution >= 0.6 is 0 Å². The maximum Gasteiger partial charge on any atom is 0.494 e. The van der Waals surface area contributed by atoms with Crippen LogP contribution in [0.5, 0.6) is 0 Å². The van der Waals surface area contributed by atoms with E-state index >= 15 is 0 Å². The topological polar surface area (TPSA) is 89.5 Å². The molecule has 42 heavy (non-hydrogen) atoms. The third kappa shape index (κ3) is 5.14. The van der Waals surface area contributed by atoms with Crippen molar-refractivity contribution >= 4 is 37.1 Å². The van der Waals surface area contributed by atoms with Crippen LogP contribution in [-0.2, 0) is 28.1 Å². The largest absolute Gasteiger partial charge is 0.494 e. The lowest BCUT2D eigenvalue weighted by molar-refractivity contribution is -0.160. The molecule has 6 atom stereocenters. The first kappa shape index (κ1) is 26.7. The molecule has 7 rings (SSSR count). The monoisotopic (exact) mass is 560 g/mol. The van der Waals surface area contributed by atoms with Gasteiger partial charge in [0.15, 0.2) is 12.2 Å². The molecule has 2 aliphatic heterocycles. The number of fused-ring (bicyclic) bond motifs is 3. The molecule has 1 saturated carbocycles. The zero-order valence-electron chi connectivity index (χ0n) is 22.4. The van der Waals surface area contributed by atoms with Gasteiger partial charge in [0.05, 0.1) is 23.3 Å². The molecule has 3 fully saturated rings. The van der Waals surface area contributed by atoms with Gasteiger partial charge in [-0.3, -0.25) is 0 Å². The van der Waals surface area contributed by atoms with Crippen LogP contribution in [0, 0.1) is 0 Å². The molecule has 0 radical (unpaired) electrons. The molecule has 10 heteroatoms. The van der Waals surface area contributed by atoms with Gasteiger partial charge in [0, 0.05) is 0 Å². The van der Waals surface area contributed by atoms with E-state index in [1.807, 2.05) is 72.8 Å². The molecule has 0 spiro atoms. The van der Waals surface area contributed by atoms with Crippen molar-refractivity contribution in [2.45, 2.75) is 36.6 Å². The summed E-state index contributed by atoms with van der Waals surface area (Å²) in [6.45, 7) is 0. The van der Waals surface area contributed by atoms with E-state index in [-0.39, 0.29) is 0 Å². The van der Waals surface area contributed by atoms with Crippen LogP contribution in [0.3, 0.4) is 0 Å². The van der Waals surface area contributed by atoms with Gasteiger partial charge >= 0.3 is 26.2 Å². The summed E-state index contributed by atoms with van der Waals surface area (Å²) < 4.78 is 38.0. The SMILES string of the molecule is O=C(O[C@@H]1[C@H]2OB(c3ccccc3)O[C@H]2[C@@H]2OB(c3ccccc3)O[C@@H]2[C@H]1OC(=O)c1ccccc1)c1ccccc1. The van der Waals surface area contributed by atoms with E-state index in [0.29, 0.717) is 11.1 Å². The van der Waals surface area contributed by atoms with Crippen LogP contribution in [-0.4, -0.2) is 62.8 Å². The summed E-state index contributed by atoms with van der Waals surface area (Å²) in [5, 5.41) is 0. The Hall–Kier alpha value is -4.21. The second-order valence-corrected chi connectivity index (χ2v) is 10.4. The molecule has 2 saturated heterocycles. The average molecular weight is 560 g/mol. The molecule has 0 bridgehead atoms. The number of esters is 2. The van der Waals surface area contributed by atoms with Gasteiger partial charge in [-0.1, -0.05) is 97.1 Å². The highest BCUT2D eigenvalue weighted by molar-refractivity contribution is 6.62. The summed E-state index contributed by atoms with van der Waals surface area (Å²) in [6, 6.07) is 36.3. The van der Waals surface area contributed by atoms with Gasteiger partial charge in [-0.05, 0) is 35.2 Å². The summed E-state index contributed by atoms with van der Waals surface area (Å²) in [6.07, 6.45) is -5.07. The number of benzene rings is 4. The maximum atomic E-state index is 13.4. The summed E-state index contributed by atoms with van der Waals surface area (Å²) in [5.41, 5.74) is 2.31. The Kier molecular flexibility index (Phi) is 7.35.